The van der Waals surface area contributed by atoms with Crippen molar-refractivity contribution in [2.75, 3.05) is 37.6 Å². The normalized spacial score (nSPS) is 39.8. The molecule has 3 saturated heterocycles. The van der Waals surface area contributed by atoms with Crippen LogP contribution in [0.1, 0.15) is 106 Å². The molecule has 0 unspecified atom stereocenters. The van der Waals surface area contributed by atoms with Gasteiger partial charge < -0.3 is 69.3 Å². The zero-order chi connectivity index (χ0) is 64.3. The van der Waals surface area contributed by atoms with Crippen molar-refractivity contribution in [1.82, 2.24) is 23.6 Å². The number of carbonyl (C=O) groups excluding carboxylic acids is 1. The summed E-state index contributed by atoms with van der Waals surface area (Å²) in [5.74, 6) is -4.47. The summed E-state index contributed by atoms with van der Waals surface area (Å²) in [5.41, 5.74) is -0.641. The predicted molar refractivity (Wildman–Crippen MR) is 311 cm³/mol. The molecule has 0 amide bonds. The molecule has 0 radical (unpaired) electrons. The van der Waals surface area contributed by atoms with Gasteiger partial charge in [-0.2, -0.15) is 0 Å². The van der Waals surface area contributed by atoms with E-state index in [9.17, 15) is 79.7 Å². The summed E-state index contributed by atoms with van der Waals surface area (Å²) in [6, 6.07) is 6.62. The highest BCUT2D eigenvalue weighted by Gasteiger charge is 2.71. The quantitative estimate of drug-likeness (QED) is 0.0733. The lowest BCUT2D eigenvalue weighted by Crippen LogP contribution is -2.68. The molecule has 19 atom stereocenters. The van der Waals surface area contributed by atoms with Crippen molar-refractivity contribution in [2.45, 2.75) is 180 Å². The van der Waals surface area contributed by atoms with Crippen LogP contribution in [0.4, 0.5) is 11.4 Å². The number of piperazine rings is 1. The number of ketones is 1. The number of aliphatic hydroxyl groups excluding tert-OH is 5. The van der Waals surface area contributed by atoms with Gasteiger partial charge in [-0.05, 0) is 122 Å². The minimum Gasteiger partial charge on any atom is -0.481 e. The zero-order valence-corrected chi connectivity index (χ0v) is 51.3. The molecule has 2 aromatic heterocycles. The van der Waals surface area contributed by atoms with Gasteiger partial charge in [-0.25, -0.2) is 19.4 Å². The first-order chi connectivity index (χ1) is 41.1. The summed E-state index contributed by atoms with van der Waals surface area (Å²) in [7, 11) is 3.08. The number of allylic oxidation sites excluding steroid dienone is 2. The van der Waals surface area contributed by atoms with E-state index in [2.05, 4.69) is 42.5 Å². The number of anilines is 1. The van der Waals surface area contributed by atoms with Crippen molar-refractivity contribution < 1.29 is 83.9 Å². The van der Waals surface area contributed by atoms with Crippen molar-refractivity contribution >= 4 is 46.2 Å². The van der Waals surface area contributed by atoms with Gasteiger partial charge >= 0.3 is 23.6 Å². The van der Waals surface area contributed by atoms with Gasteiger partial charge in [0.2, 0.25) is 0 Å². The highest BCUT2D eigenvalue weighted by atomic mass is 16.8. The second-order valence-corrected chi connectivity index (χ2v) is 28.0. The third-order valence-corrected chi connectivity index (χ3v) is 22.9. The van der Waals surface area contributed by atoms with Crippen LogP contribution in [-0.2, 0) is 58.8 Å². The number of ether oxygens (including phenoxy) is 4. The van der Waals surface area contributed by atoms with Crippen LogP contribution in [-0.4, -0.2) is 193 Å². The van der Waals surface area contributed by atoms with Crippen LogP contribution in [0.5, 0.6) is 0 Å². The Kier molecular flexibility index (Phi) is 17.2. The van der Waals surface area contributed by atoms with Crippen LogP contribution in [0.2, 0.25) is 0 Å². The number of benzene rings is 1. The van der Waals surface area contributed by atoms with Crippen LogP contribution < -0.4 is 16.1 Å². The van der Waals surface area contributed by atoms with E-state index < -0.39 is 112 Å². The highest BCUT2D eigenvalue weighted by Crippen LogP contribution is 2.75. The lowest BCUT2D eigenvalue weighted by molar-refractivity contribution is -0.384. The van der Waals surface area contributed by atoms with E-state index in [1.54, 1.807) is 30.1 Å². The number of carboxylic acids is 3. The molecule has 27 heteroatoms. The molecule has 1 aromatic carbocycles. The van der Waals surface area contributed by atoms with Crippen LogP contribution in [0, 0.1) is 60.4 Å². The van der Waals surface area contributed by atoms with E-state index in [0.717, 1.165) is 80.7 Å². The van der Waals surface area contributed by atoms with Crippen molar-refractivity contribution in [3.8, 4) is 0 Å². The zero-order valence-electron chi connectivity index (χ0n) is 51.3. The number of nitro benzene ring substituents is 1. The Balaban J connectivity index is 0.000000238. The van der Waals surface area contributed by atoms with E-state index in [1.165, 1.54) is 23.7 Å². The molecular weight excluding hydrogens is 1150 g/mol. The average molecular weight is 1240 g/mol. The van der Waals surface area contributed by atoms with Crippen LogP contribution in [0.25, 0.3) is 11.2 Å². The molecule has 7 fully saturated rings. The molecule has 27 nitrogen and oxygen atoms in total. The van der Waals surface area contributed by atoms with Gasteiger partial charge in [0.25, 0.3) is 11.2 Å². The average Bonchev–Trinajstić information content (AvgIpc) is 0.748. The van der Waals surface area contributed by atoms with E-state index in [0.29, 0.717) is 43.4 Å². The third kappa shape index (κ3) is 10.7. The van der Waals surface area contributed by atoms with Gasteiger partial charge in [-0.15, -0.1) is 0 Å². The van der Waals surface area contributed by atoms with Gasteiger partial charge in [0.05, 0.1) is 22.8 Å². The number of aromatic nitrogens is 4. The highest BCUT2D eigenvalue weighted by molar-refractivity contribution is 5.96. The molecule has 5 aliphatic carbocycles. The molecule has 11 rings (SSSR count). The number of nitro groups is 1. The first-order valence-corrected chi connectivity index (χ1v) is 30.4. The Labute approximate surface area is 507 Å². The first-order valence-electron chi connectivity index (χ1n) is 30.4. The summed E-state index contributed by atoms with van der Waals surface area (Å²) in [6.45, 7) is 19.5. The summed E-state index contributed by atoms with van der Waals surface area (Å²) in [6.07, 6.45) is -10.6. The number of aliphatic hydroxyl groups is 5. The van der Waals surface area contributed by atoms with Crippen molar-refractivity contribution in [1.29, 1.82) is 0 Å². The van der Waals surface area contributed by atoms with Gasteiger partial charge in [-0.3, -0.25) is 38.5 Å². The molecule has 484 valence electrons. The minimum atomic E-state index is -2.05. The molecule has 3 aromatic rings. The lowest BCUT2D eigenvalue weighted by atomic mass is 9.33. The summed E-state index contributed by atoms with van der Waals surface area (Å²) in [4.78, 5) is 95.0. The number of carboxylic acid groups (broad SMARTS) is 3. The number of hydrogen-bond donors (Lipinski definition) is 8. The topological polar surface area (TPSA) is 378 Å². The number of hydrogen-bond acceptors (Lipinski definition) is 20. The largest absolute Gasteiger partial charge is 0.481 e. The van der Waals surface area contributed by atoms with Crippen molar-refractivity contribution in [2.24, 2.45) is 64.3 Å². The van der Waals surface area contributed by atoms with Crippen molar-refractivity contribution in [3.05, 3.63) is 73.2 Å². The van der Waals surface area contributed by atoms with Gasteiger partial charge in [0.15, 0.2) is 41.7 Å². The maximum absolute atomic E-state index is 14.8. The fourth-order valence-electron chi connectivity index (χ4n) is 17.2. The number of carbonyl (C=O) groups is 4. The van der Waals surface area contributed by atoms with Crippen LogP contribution in [0.3, 0.4) is 0 Å². The molecule has 3 aliphatic heterocycles. The minimum absolute atomic E-state index is 0.0217. The van der Waals surface area contributed by atoms with Gasteiger partial charge in [-0.1, -0.05) is 47.1 Å². The van der Waals surface area contributed by atoms with E-state index in [-0.39, 0.29) is 51.3 Å². The predicted octanol–water partition coefficient (Wildman–Crippen LogP) is 2.41. The third-order valence-electron chi connectivity index (χ3n) is 22.9. The number of nitrogens with zero attached hydrogens (tertiary/aromatic N) is 7. The molecule has 8 N–H and O–H groups in total. The fraction of sp³-hybridized carbons (Fsp3) is 0.721. The lowest BCUT2D eigenvalue weighted by Gasteiger charge is -2.70. The number of non-ortho nitro benzene ring substituents is 1. The standard InChI is InChI=1S/C42H62O16.C19H23N7O4/c1-37(2)21-8-11-42(7)31(20(43)16-18-19-17-39(4,36(53)54)13-12-38(19,3)14-15-41(18,42)6)40(21,5)10-9-22(37)55-35-30(26(47)25(46)29(57-35)33(51)52)58-34-27(48)23(44)24(45)28(56-34)32(49)50;1-21-17-16(18(27)22(2)19(21)28)25(13-20-17)12-9-23-7-10-24(11-8-23)14-3-5-15(6-4-14)26(29)30/h16,19,21-31,34-35,44-48H,8-15,17H2,1-7H3,(H,49,50)(H,51,52)(H,53,54);3-6,13H,7-12H2,1-2H3/t19-,21-,22-,23-,24-,25-,26-,27+,28-,29-,30+,31+,34-,35-,38+,39-,40-,41+,42+;/m0./s1. The van der Waals surface area contributed by atoms with E-state index >= 15 is 0 Å². The maximum Gasteiger partial charge on any atom is 0.335 e. The molecule has 4 saturated carbocycles. The molecule has 88 heavy (non-hydrogen) atoms. The van der Waals surface area contributed by atoms with E-state index in [4.69, 9.17) is 18.9 Å². The Hall–Kier alpha value is -6.01. The Bertz CT molecular complexity index is 3380. The summed E-state index contributed by atoms with van der Waals surface area (Å²) < 4.78 is 27.7. The Morgan fingerprint density at radius 3 is 1.95 bits per heavy atom. The second kappa shape index (κ2) is 23.3. The number of fused-ring (bicyclic) bond motifs is 8. The molecule has 0 bridgehead atoms. The second-order valence-electron chi connectivity index (χ2n) is 28.0. The van der Waals surface area contributed by atoms with Crippen LogP contribution in [0.15, 0.2) is 51.8 Å². The Morgan fingerprint density at radius 1 is 0.727 bits per heavy atom. The maximum atomic E-state index is 14.8. The molecule has 8 aliphatic rings. The van der Waals surface area contributed by atoms with E-state index in [1.807, 2.05) is 26.8 Å². The molecule has 5 heterocycles. The first kappa shape index (κ1) is 65.0. The van der Waals surface area contributed by atoms with Crippen molar-refractivity contribution in [3.63, 3.8) is 0 Å². The number of aryl methyl sites for hydroxylation is 1. The number of imidazole rings is 1. The fourth-order valence-corrected chi connectivity index (χ4v) is 17.2. The van der Waals surface area contributed by atoms with Gasteiger partial charge in [0, 0.05) is 77.1 Å². The number of aliphatic carboxylic acids is 3. The summed E-state index contributed by atoms with van der Waals surface area (Å²) in [5, 5.41) is 93.8. The summed E-state index contributed by atoms with van der Waals surface area (Å²) >= 11 is 0. The monoisotopic (exact) mass is 1240 g/mol. The Morgan fingerprint density at radius 2 is 1.34 bits per heavy atom. The smallest absolute Gasteiger partial charge is 0.335 e. The van der Waals surface area contributed by atoms with Gasteiger partial charge in [0.1, 0.15) is 36.6 Å². The molecular formula is C61H85N7O20. The SMILES string of the molecule is CC1(C)[C@@H](O[C@H]2O[C@H](C(=O)O)[C@@H](O)[C@H](O)[C@H]2O[C@@H]2O[C@H](C(=O)O)[C@@H](O)[C@H](O)[C@H]2O)CC[C@]2(C)[C@H]3C(=O)C=C4[C@@H]5C[C@@](C)(C(=O)O)CC[C@]5(C)CC[C@@]4(C)[C@]3(C)CC[C@@H]12.Cn1c(=O)c2c(ncn2CCN2CCN(c3ccc([N+](=O)[O-])cc3)CC2)n(C)c1=O. The van der Waals surface area contributed by atoms with Crippen LogP contribution >= 0.6 is 0 Å². The molecule has 0 spiro atoms. The number of rotatable bonds is 12.